The highest BCUT2D eigenvalue weighted by molar-refractivity contribution is 9.10. The summed E-state index contributed by atoms with van der Waals surface area (Å²) in [5.74, 6) is -1.08. The Morgan fingerprint density at radius 2 is 2.18 bits per heavy atom. The maximum Gasteiger partial charge on any atom is 0.307 e. The second kappa shape index (κ2) is 6.17. The van der Waals surface area contributed by atoms with Gasteiger partial charge in [-0.1, -0.05) is 28.9 Å². The lowest BCUT2D eigenvalue weighted by atomic mass is 10.1. The zero-order chi connectivity index (χ0) is 13.0. The molecule has 1 N–H and O–H groups in total. The highest BCUT2D eigenvalue weighted by Gasteiger charge is 2.14. The minimum atomic E-state index is -0.746. The smallest absolute Gasteiger partial charge is 0.307 e. The number of hydrogen-bond acceptors (Lipinski definition) is 2. The lowest BCUT2D eigenvalue weighted by Crippen LogP contribution is -2.28. The van der Waals surface area contributed by atoms with Gasteiger partial charge in [-0.2, -0.15) is 0 Å². The summed E-state index contributed by atoms with van der Waals surface area (Å²) in [5.41, 5.74) is 2.45. The van der Waals surface area contributed by atoms with Gasteiger partial charge in [0.2, 0.25) is 0 Å². The number of halogens is 1. The highest BCUT2D eigenvalue weighted by Crippen LogP contribution is 2.17. The fourth-order valence-electron chi connectivity index (χ4n) is 1.74. The molecule has 0 fully saturated rings. The summed E-state index contributed by atoms with van der Waals surface area (Å²) in [6.07, 6.45) is 0. The van der Waals surface area contributed by atoms with E-state index in [-0.39, 0.29) is 5.92 Å². The molecule has 0 aromatic heterocycles. The summed E-state index contributed by atoms with van der Waals surface area (Å²) in [6, 6.07) is 6.15. The lowest BCUT2D eigenvalue weighted by Gasteiger charge is -2.20. The topological polar surface area (TPSA) is 40.5 Å². The van der Waals surface area contributed by atoms with E-state index in [1.807, 2.05) is 18.0 Å². The Morgan fingerprint density at radius 3 is 2.71 bits per heavy atom. The number of carboxylic acids is 1. The maximum atomic E-state index is 10.8. The van der Waals surface area contributed by atoms with Gasteiger partial charge in [-0.3, -0.25) is 4.79 Å². The van der Waals surface area contributed by atoms with E-state index < -0.39 is 5.97 Å². The van der Waals surface area contributed by atoms with Crippen LogP contribution in [0.25, 0.3) is 0 Å². The van der Waals surface area contributed by atoms with Gasteiger partial charge in [0.25, 0.3) is 0 Å². The Bertz CT molecular complexity index is 406. The quantitative estimate of drug-likeness (QED) is 0.909. The van der Waals surface area contributed by atoms with Gasteiger partial charge in [0.1, 0.15) is 0 Å². The van der Waals surface area contributed by atoms with Crippen molar-refractivity contribution in [2.24, 2.45) is 5.92 Å². The molecular weight excluding hydrogens is 282 g/mol. The molecule has 1 aromatic carbocycles. The van der Waals surface area contributed by atoms with Gasteiger partial charge in [-0.05, 0) is 37.2 Å². The second-order valence-corrected chi connectivity index (χ2v) is 5.42. The number of carboxylic acid groups (broad SMARTS) is 1. The van der Waals surface area contributed by atoms with E-state index in [9.17, 15) is 4.79 Å². The average Bonchev–Trinajstić information content (AvgIpc) is 2.22. The molecule has 0 aliphatic carbocycles. The molecule has 3 nitrogen and oxygen atoms in total. The predicted octanol–water partition coefficient (Wildman–Crippen LogP) is 2.91. The molecule has 1 atom stereocenters. The van der Waals surface area contributed by atoms with Crippen LogP contribution >= 0.6 is 15.9 Å². The van der Waals surface area contributed by atoms with Gasteiger partial charge >= 0.3 is 5.97 Å². The summed E-state index contributed by atoms with van der Waals surface area (Å²) < 4.78 is 1.07. The summed E-state index contributed by atoms with van der Waals surface area (Å²) in [6.45, 7) is 5.13. The molecule has 0 saturated carbocycles. The molecule has 17 heavy (non-hydrogen) atoms. The van der Waals surface area contributed by atoms with Gasteiger partial charge in [0.15, 0.2) is 0 Å². The van der Waals surface area contributed by atoms with Crippen LogP contribution in [0.3, 0.4) is 0 Å². The van der Waals surface area contributed by atoms with Crippen LogP contribution in [0.4, 0.5) is 0 Å². The van der Waals surface area contributed by atoms with Crippen molar-refractivity contribution in [1.29, 1.82) is 0 Å². The number of benzene rings is 1. The van der Waals surface area contributed by atoms with Gasteiger partial charge in [0, 0.05) is 17.6 Å². The normalized spacial score (nSPS) is 12.8. The molecule has 0 amide bonds. The van der Waals surface area contributed by atoms with Gasteiger partial charge in [0.05, 0.1) is 5.92 Å². The SMILES string of the molecule is Cc1cc(Br)ccc1CN(C)CC(C)C(=O)O. The third-order valence-corrected chi connectivity index (χ3v) is 3.25. The lowest BCUT2D eigenvalue weighted by molar-refractivity contribution is -0.141. The third-order valence-electron chi connectivity index (χ3n) is 2.75. The summed E-state index contributed by atoms with van der Waals surface area (Å²) >= 11 is 3.43. The zero-order valence-electron chi connectivity index (χ0n) is 10.4. The molecule has 4 heteroatoms. The van der Waals surface area contributed by atoms with Crippen LogP contribution in [0.15, 0.2) is 22.7 Å². The van der Waals surface area contributed by atoms with E-state index in [2.05, 4.69) is 35.0 Å². The van der Waals surface area contributed by atoms with E-state index >= 15 is 0 Å². The van der Waals surface area contributed by atoms with Crippen LogP contribution in [-0.2, 0) is 11.3 Å². The van der Waals surface area contributed by atoms with Crippen LogP contribution in [0.2, 0.25) is 0 Å². The molecule has 0 aliphatic heterocycles. The standard InChI is InChI=1S/C13H18BrNO2/c1-9-6-12(14)5-4-11(9)8-15(3)7-10(2)13(16)17/h4-6,10H,7-8H2,1-3H3,(H,16,17). The van der Waals surface area contributed by atoms with Crippen molar-refractivity contribution in [1.82, 2.24) is 4.90 Å². The Balaban J connectivity index is 2.62. The van der Waals surface area contributed by atoms with Crippen molar-refractivity contribution >= 4 is 21.9 Å². The van der Waals surface area contributed by atoms with Crippen molar-refractivity contribution in [2.45, 2.75) is 20.4 Å². The molecule has 0 spiro atoms. The molecule has 0 radical (unpaired) electrons. The van der Waals surface area contributed by atoms with Gasteiger partial charge in [-0.15, -0.1) is 0 Å². The molecule has 1 aromatic rings. The average molecular weight is 300 g/mol. The van der Waals surface area contributed by atoms with Gasteiger partial charge in [-0.25, -0.2) is 0 Å². The number of carbonyl (C=O) groups is 1. The fraction of sp³-hybridized carbons (Fsp3) is 0.462. The van der Waals surface area contributed by atoms with Crippen molar-refractivity contribution < 1.29 is 9.90 Å². The first-order valence-electron chi connectivity index (χ1n) is 5.56. The first-order valence-corrected chi connectivity index (χ1v) is 6.36. The maximum absolute atomic E-state index is 10.8. The minimum Gasteiger partial charge on any atom is -0.481 e. The van der Waals surface area contributed by atoms with Gasteiger partial charge < -0.3 is 10.0 Å². The number of aliphatic carboxylic acids is 1. The zero-order valence-corrected chi connectivity index (χ0v) is 12.0. The monoisotopic (exact) mass is 299 g/mol. The molecule has 0 aliphatic rings. The number of rotatable bonds is 5. The van der Waals surface area contributed by atoms with E-state index in [0.717, 1.165) is 11.0 Å². The Hall–Kier alpha value is -0.870. The second-order valence-electron chi connectivity index (χ2n) is 4.51. The number of hydrogen-bond donors (Lipinski definition) is 1. The van der Waals surface area contributed by atoms with Crippen LogP contribution < -0.4 is 0 Å². The van der Waals surface area contributed by atoms with Crippen LogP contribution in [0.5, 0.6) is 0 Å². The Morgan fingerprint density at radius 1 is 1.53 bits per heavy atom. The van der Waals surface area contributed by atoms with Crippen molar-refractivity contribution in [3.05, 3.63) is 33.8 Å². The summed E-state index contributed by atoms with van der Waals surface area (Å²) in [7, 11) is 1.95. The Kier molecular flexibility index (Phi) is 5.15. The Labute approximate surface area is 111 Å². The molecule has 1 unspecified atom stereocenters. The fourth-order valence-corrected chi connectivity index (χ4v) is 2.21. The van der Waals surface area contributed by atoms with E-state index in [4.69, 9.17) is 5.11 Å². The number of nitrogens with zero attached hydrogens (tertiary/aromatic N) is 1. The number of aryl methyl sites for hydroxylation is 1. The highest BCUT2D eigenvalue weighted by atomic mass is 79.9. The summed E-state index contributed by atoms with van der Waals surface area (Å²) in [4.78, 5) is 12.8. The van der Waals surface area contributed by atoms with Crippen molar-refractivity contribution in [2.75, 3.05) is 13.6 Å². The molecule has 0 heterocycles. The van der Waals surface area contributed by atoms with E-state index in [0.29, 0.717) is 6.54 Å². The first-order chi connectivity index (χ1) is 7.90. The molecule has 0 bridgehead atoms. The van der Waals surface area contributed by atoms with Crippen LogP contribution in [-0.4, -0.2) is 29.6 Å². The first kappa shape index (κ1) is 14.2. The molecule has 94 valence electrons. The minimum absolute atomic E-state index is 0.337. The molecular formula is C13H18BrNO2. The van der Waals surface area contributed by atoms with E-state index in [1.165, 1.54) is 11.1 Å². The van der Waals surface area contributed by atoms with Crippen molar-refractivity contribution in [3.63, 3.8) is 0 Å². The van der Waals surface area contributed by atoms with Crippen LogP contribution in [0.1, 0.15) is 18.1 Å². The largest absolute Gasteiger partial charge is 0.481 e. The summed E-state index contributed by atoms with van der Waals surface area (Å²) in [5, 5.41) is 8.86. The third kappa shape index (κ3) is 4.48. The predicted molar refractivity (Wildman–Crippen MR) is 72.0 cm³/mol. The van der Waals surface area contributed by atoms with Crippen molar-refractivity contribution in [3.8, 4) is 0 Å². The molecule has 1 rings (SSSR count). The van der Waals surface area contributed by atoms with E-state index in [1.54, 1.807) is 6.92 Å². The molecule has 0 saturated heterocycles. The van der Waals surface area contributed by atoms with Crippen LogP contribution in [0, 0.1) is 12.8 Å².